The summed E-state index contributed by atoms with van der Waals surface area (Å²) in [5.74, 6) is 0.912. The van der Waals surface area contributed by atoms with E-state index in [4.69, 9.17) is 32.7 Å². The van der Waals surface area contributed by atoms with Crippen LogP contribution in [0.15, 0.2) is 42.5 Å². The van der Waals surface area contributed by atoms with Gasteiger partial charge in [0.05, 0.1) is 40.7 Å². The average molecular weight is 507 g/mol. The van der Waals surface area contributed by atoms with Crippen molar-refractivity contribution in [3.63, 3.8) is 0 Å². The monoisotopic (exact) mass is 506 g/mol. The summed E-state index contributed by atoms with van der Waals surface area (Å²) in [4.78, 5) is 4.60. The molecule has 0 aliphatic rings. The molecule has 1 atom stereocenters. The lowest BCUT2D eigenvalue weighted by Gasteiger charge is -2.22. The molecule has 0 saturated carbocycles. The lowest BCUT2D eigenvalue weighted by Crippen LogP contribution is -2.30. The second kappa shape index (κ2) is 11.4. The zero-order chi connectivity index (χ0) is 24.9. The van der Waals surface area contributed by atoms with Crippen LogP contribution in [0.1, 0.15) is 34.6 Å². The number of rotatable bonds is 10. The van der Waals surface area contributed by atoms with Crippen molar-refractivity contribution in [3.8, 4) is 23.1 Å². The van der Waals surface area contributed by atoms with Crippen molar-refractivity contribution in [3.05, 3.63) is 52.5 Å². The van der Waals surface area contributed by atoms with Crippen molar-refractivity contribution < 1.29 is 14.6 Å². The fourth-order valence-electron chi connectivity index (χ4n) is 2.99. The van der Waals surface area contributed by atoms with Crippen LogP contribution in [-0.4, -0.2) is 51.3 Å². The summed E-state index contributed by atoms with van der Waals surface area (Å²) in [6.07, 6.45) is -0.642. The molecule has 0 fully saturated rings. The van der Waals surface area contributed by atoms with E-state index in [1.165, 1.54) is 0 Å². The molecule has 2 aromatic carbocycles. The van der Waals surface area contributed by atoms with Gasteiger partial charge in [-0.1, -0.05) is 43.1 Å². The smallest absolute Gasteiger partial charge is 0.336 e. The molecule has 184 valence electrons. The summed E-state index contributed by atoms with van der Waals surface area (Å²) in [5.41, 5.74) is 2.06. The minimum Gasteiger partial charge on any atom is -0.462 e. The summed E-state index contributed by atoms with van der Waals surface area (Å²) in [5, 5.41) is 19.0. The second-order valence-electron chi connectivity index (χ2n) is 9.47. The number of aliphatic hydroxyl groups excluding tert-OH is 1. The first-order valence-corrected chi connectivity index (χ1v) is 12.0. The van der Waals surface area contributed by atoms with E-state index in [0.29, 0.717) is 34.9 Å². The van der Waals surface area contributed by atoms with Crippen LogP contribution < -0.4 is 10.1 Å². The maximum absolute atomic E-state index is 10.3. The number of benzene rings is 2. The van der Waals surface area contributed by atoms with Crippen molar-refractivity contribution in [2.75, 3.05) is 25.1 Å². The van der Waals surface area contributed by atoms with E-state index in [0.717, 1.165) is 16.9 Å². The van der Waals surface area contributed by atoms with E-state index in [-0.39, 0.29) is 18.2 Å². The largest absolute Gasteiger partial charge is 0.462 e. The molecule has 1 aromatic heterocycles. The van der Waals surface area contributed by atoms with Gasteiger partial charge in [-0.25, -0.2) is 4.68 Å². The number of aromatic nitrogens is 3. The molecule has 0 bridgehead atoms. The van der Waals surface area contributed by atoms with E-state index >= 15 is 0 Å². The summed E-state index contributed by atoms with van der Waals surface area (Å²) in [6.45, 7) is 11.1. The van der Waals surface area contributed by atoms with Crippen LogP contribution in [0.25, 0.3) is 17.1 Å². The maximum atomic E-state index is 10.3. The molecule has 1 heterocycles. The predicted molar refractivity (Wildman–Crippen MR) is 137 cm³/mol. The zero-order valence-electron chi connectivity index (χ0n) is 20.2. The molecule has 0 spiro atoms. The third-order valence-electron chi connectivity index (χ3n) is 4.65. The number of nitrogens with zero attached hydrogens (tertiary/aromatic N) is 3. The molecule has 9 heteroatoms. The van der Waals surface area contributed by atoms with Crippen molar-refractivity contribution in [1.82, 2.24) is 14.8 Å². The number of hydrogen-bond donors (Lipinski definition) is 2. The number of hydrogen-bond acceptors (Lipinski definition) is 6. The van der Waals surface area contributed by atoms with Gasteiger partial charge in [0, 0.05) is 17.8 Å². The van der Waals surface area contributed by atoms with Crippen LogP contribution in [0.3, 0.4) is 0 Å². The summed E-state index contributed by atoms with van der Waals surface area (Å²) >= 11 is 12.4. The Kier molecular flexibility index (Phi) is 8.82. The van der Waals surface area contributed by atoms with Crippen LogP contribution in [0.4, 0.5) is 5.69 Å². The SMILES string of the molecule is CC(C)COc1nc(-c2ccc(Cl)c(Cl)c2)n(-c2cccc(NCC(O)COC(C)(C)C)c2)n1. The Balaban J connectivity index is 1.85. The molecule has 0 aliphatic carbocycles. The van der Waals surface area contributed by atoms with E-state index in [1.54, 1.807) is 16.8 Å². The van der Waals surface area contributed by atoms with E-state index < -0.39 is 6.10 Å². The highest BCUT2D eigenvalue weighted by atomic mass is 35.5. The fourth-order valence-corrected chi connectivity index (χ4v) is 3.28. The van der Waals surface area contributed by atoms with Gasteiger partial charge in [0.15, 0.2) is 5.82 Å². The van der Waals surface area contributed by atoms with E-state index in [1.807, 2.05) is 51.1 Å². The van der Waals surface area contributed by atoms with Gasteiger partial charge in [0.1, 0.15) is 0 Å². The third kappa shape index (κ3) is 7.60. The topological polar surface area (TPSA) is 81.4 Å². The highest BCUT2D eigenvalue weighted by Crippen LogP contribution is 2.30. The molecule has 34 heavy (non-hydrogen) atoms. The highest BCUT2D eigenvalue weighted by molar-refractivity contribution is 6.42. The zero-order valence-corrected chi connectivity index (χ0v) is 21.7. The molecular weight excluding hydrogens is 475 g/mol. The molecule has 3 aromatic rings. The molecule has 7 nitrogen and oxygen atoms in total. The lowest BCUT2D eigenvalue weighted by atomic mass is 10.2. The third-order valence-corrected chi connectivity index (χ3v) is 5.39. The van der Waals surface area contributed by atoms with Crippen molar-refractivity contribution in [2.24, 2.45) is 5.92 Å². The van der Waals surface area contributed by atoms with Gasteiger partial charge >= 0.3 is 6.01 Å². The lowest BCUT2D eigenvalue weighted by molar-refractivity contribution is -0.0449. The molecule has 3 rings (SSSR count). The molecule has 2 N–H and O–H groups in total. The summed E-state index contributed by atoms with van der Waals surface area (Å²) in [7, 11) is 0. The van der Waals surface area contributed by atoms with Crippen LogP contribution in [-0.2, 0) is 4.74 Å². The van der Waals surface area contributed by atoms with Gasteiger partial charge in [-0.3, -0.25) is 0 Å². The molecule has 0 amide bonds. The number of aliphatic hydroxyl groups is 1. The van der Waals surface area contributed by atoms with Gasteiger partial charge < -0.3 is 19.9 Å². The Labute approximate surface area is 211 Å². The van der Waals surface area contributed by atoms with Crippen molar-refractivity contribution in [1.29, 1.82) is 0 Å². The highest BCUT2D eigenvalue weighted by Gasteiger charge is 2.17. The first-order valence-electron chi connectivity index (χ1n) is 11.2. The number of ether oxygens (including phenoxy) is 2. The first-order chi connectivity index (χ1) is 16.0. The molecule has 0 aliphatic heterocycles. The Bertz CT molecular complexity index is 1100. The fraction of sp³-hybridized carbons (Fsp3) is 0.440. The van der Waals surface area contributed by atoms with Gasteiger partial charge in [-0.2, -0.15) is 4.98 Å². The quantitative estimate of drug-likeness (QED) is 0.358. The van der Waals surface area contributed by atoms with Crippen LogP contribution in [0.5, 0.6) is 6.01 Å². The molecular formula is C25H32Cl2N4O3. The van der Waals surface area contributed by atoms with Crippen molar-refractivity contribution >= 4 is 28.9 Å². The first kappa shape index (κ1) is 26.3. The van der Waals surface area contributed by atoms with E-state index in [9.17, 15) is 5.11 Å². The minimum atomic E-state index is -0.642. The van der Waals surface area contributed by atoms with Crippen LogP contribution >= 0.6 is 23.2 Å². The molecule has 1 unspecified atom stereocenters. The Morgan fingerprint density at radius 3 is 2.50 bits per heavy atom. The average Bonchev–Trinajstić information content (AvgIpc) is 3.21. The number of halogens is 2. The second-order valence-corrected chi connectivity index (χ2v) is 10.3. The van der Waals surface area contributed by atoms with E-state index in [2.05, 4.69) is 29.2 Å². The van der Waals surface area contributed by atoms with Gasteiger partial charge in [-0.05, 0) is 63.1 Å². The Morgan fingerprint density at radius 2 is 1.82 bits per heavy atom. The standard InChI is InChI=1S/C25H32Cl2N4O3/c1-16(2)14-33-24-29-23(17-9-10-21(26)22(27)11-17)31(30-24)19-8-6-7-18(12-19)28-13-20(32)15-34-25(3,4)5/h6-12,16,20,28,32H,13-15H2,1-5H3. The minimum absolute atomic E-state index is 0.247. The Hall–Kier alpha value is -2.32. The van der Waals surface area contributed by atoms with Crippen LogP contribution in [0.2, 0.25) is 10.0 Å². The van der Waals surface area contributed by atoms with Crippen molar-refractivity contribution in [2.45, 2.75) is 46.3 Å². The number of anilines is 1. The molecule has 0 radical (unpaired) electrons. The summed E-state index contributed by atoms with van der Waals surface area (Å²) in [6, 6.07) is 13.3. The summed E-state index contributed by atoms with van der Waals surface area (Å²) < 4.78 is 13.1. The maximum Gasteiger partial charge on any atom is 0.336 e. The molecule has 0 saturated heterocycles. The van der Waals surface area contributed by atoms with Gasteiger partial charge in [-0.15, -0.1) is 5.10 Å². The normalized spacial score (nSPS) is 12.7. The predicted octanol–water partition coefficient (Wildman–Crippen LogP) is 5.86. The van der Waals surface area contributed by atoms with Crippen LogP contribution in [0, 0.1) is 5.92 Å². The number of nitrogens with one attached hydrogen (secondary N) is 1. The Morgan fingerprint density at radius 1 is 1.06 bits per heavy atom. The van der Waals surface area contributed by atoms with Gasteiger partial charge in [0.2, 0.25) is 0 Å². The van der Waals surface area contributed by atoms with Gasteiger partial charge in [0.25, 0.3) is 0 Å².